The van der Waals surface area contributed by atoms with Crippen LogP contribution < -0.4 is 15.4 Å². The van der Waals surface area contributed by atoms with E-state index in [0.717, 1.165) is 53.5 Å². The van der Waals surface area contributed by atoms with Crippen LogP contribution in [0.3, 0.4) is 0 Å². The molecule has 0 aliphatic carbocycles. The summed E-state index contributed by atoms with van der Waals surface area (Å²) in [7, 11) is 0. The summed E-state index contributed by atoms with van der Waals surface area (Å²) >= 11 is 13.7. The number of nitrogens with one attached hydrogen (secondary N) is 1. The highest BCUT2D eigenvalue weighted by Crippen LogP contribution is 2.33. The van der Waals surface area contributed by atoms with Gasteiger partial charge in [-0.25, -0.2) is 4.98 Å². The smallest absolute Gasteiger partial charge is 0.270 e. The lowest BCUT2D eigenvalue weighted by atomic mass is 10.1. The number of nitrogens with zero attached hydrogens (tertiary/aromatic N) is 3. The number of H-pyrrole nitrogens is 1. The molecule has 1 N–H and O–H groups in total. The molecule has 5 rings (SSSR count). The van der Waals surface area contributed by atoms with E-state index in [1.165, 1.54) is 11.3 Å². The summed E-state index contributed by atoms with van der Waals surface area (Å²) in [6.45, 7) is 3.18. The van der Waals surface area contributed by atoms with Gasteiger partial charge in [-0.3, -0.25) is 9.78 Å². The third-order valence-electron chi connectivity index (χ3n) is 5.30. The van der Waals surface area contributed by atoms with Gasteiger partial charge >= 0.3 is 0 Å². The Hall–Kier alpha value is -2.54. The van der Waals surface area contributed by atoms with E-state index in [9.17, 15) is 4.79 Å². The van der Waals surface area contributed by atoms with Crippen molar-refractivity contribution in [1.82, 2.24) is 9.97 Å². The van der Waals surface area contributed by atoms with E-state index in [1.807, 2.05) is 47.8 Å². The van der Waals surface area contributed by atoms with E-state index >= 15 is 0 Å². The van der Waals surface area contributed by atoms with Crippen molar-refractivity contribution in [3.63, 3.8) is 0 Å². The van der Waals surface area contributed by atoms with Crippen LogP contribution in [0.4, 0.5) is 11.6 Å². The fourth-order valence-electron chi connectivity index (χ4n) is 3.78. The highest BCUT2D eigenvalue weighted by Gasteiger charge is 2.21. The first kappa shape index (κ1) is 19.4. The zero-order chi connectivity index (χ0) is 20.7. The SMILES string of the molecule is O=c1[nH]c(N2CCN(c3cccc(Cl)c3)CC2)nc2c(-c3cccc(Cl)c3)csc12. The molecule has 0 spiro atoms. The highest BCUT2D eigenvalue weighted by molar-refractivity contribution is 7.17. The number of rotatable bonds is 3. The van der Waals surface area contributed by atoms with Gasteiger partial charge in [0.15, 0.2) is 0 Å². The van der Waals surface area contributed by atoms with Crippen molar-refractivity contribution in [2.75, 3.05) is 36.0 Å². The molecular formula is C22H18Cl2N4OS. The Labute approximate surface area is 187 Å². The lowest BCUT2D eigenvalue weighted by molar-refractivity contribution is 0.640. The zero-order valence-corrected chi connectivity index (χ0v) is 18.3. The van der Waals surface area contributed by atoms with Crippen molar-refractivity contribution in [1.29, 1.82) is 0 Å². The van der Waals surface area contributed by atoms with Crippen molar-refractivity contribution >= 4 is 56.4 Å². The largest absolute Gasteiger partial charge is 0.368 e. The first-order valence-corrected chi connectivity index (χ1v) is 11.2. The average molecular weight is 457 g/mol. The number of hydrogen-bond acceptors (Lipinski definition) is 5. The quantitative estimate of drug-likeness (QED) is 0.455. The summed E-state index contributed by atoms with van der Waals surface area (Å²) in [5.74, 6) is 0.611. The van der Waals surface area contributed by atoms with Gasteiger partial charge in [-0.1, -0.05) is 41.4 Å². The predicted molar refractivity (Wildman–Crippen MR) is 127 cm³/mol. The Morgan fingerprint density at radius 1 is 0.933 bits per heavy atom. The van der Waals surface area contributed by atoms with Crippen LogP contribution in [0.15, 0.2) is 58.7 Å². The van der Waals surface area contributed by atoms with E-state index in [-0.39, 0.29) is 5.56 Å². The summed E-state index contributed by atoms with van der Waals surface area (Å²) in [4.78, 5) is 24.9. The van der Waals surface area contributed by atoms with Crippen LogP contribution in [0.2, 0.25) is 10.0 Å². The molecule has 4 aromatic rings. The molecule has 2 aromatic carbocycles. The average Bonchev–Trinajstić information content (AvgIpc) is 3.19. The van der Waals surface area contributed by atoms with Gasteiger partial charge in [0.1, 0.15) is 4.70 Å². The Morgan fingerprint density at radius 2 is 1.63 bits per heavy atom. The molecule has 1 fully saturated rings. The molecule has 1 aliphatic rings. The van der Waals surface area contributed by atoms with E-state index in [4.69, 9.17) is 28.2 Å². The molecule has 1 aliphatic heterocycles. The van der Waals surface area contributed by atoms with Crippen molar-refractivity contribution in [2.45, 2.75) is 0 Å². The molecule has 8 heteroatoms. The number of thiophene rings is 1. The number of halogens is 2. The summed E-state index contributed by atoms with van der Waals surface area (Å²) < 4.78 is 0.631. The first-order chi connectivity index (χ1) is 14.6. The Kier molecular flexibility index (Phi) is 5.15. The van der Waals surface area contributed by atoms with Gasteiger partial charge in [-0.2, -0.15) is 0 Å². The standard InChI is InChI=1S/C22H18Cl2N4OS/c23-15-4-1-3-14(11-15)18-13-30-20-19(18)25-22(26-21(20)29)28-9-7-27(8-10-28)17-6-2-5-16(24)12-17/h1-6,11-13H,7-10H2,(H,25,26,29). The maximum absolute atomic E-state index is 12.7. The highest BCUT2D eigenvalue weighted by atomic mass is 35.5. The van der Waals surface area contributed by atoms with Crippen LogP contribution in [0, 0.1) is 0 Å². The van der Waals surface area contributed by atoms with Crippen LogP contribution in [0.25, 0.3) is 21.3 Å². The Morgan fingerprint density at radius 3 is 2.37 bits per heavy atom. The van der Waals surface area contributed by atoms with Crippen LogP contribution >= 0.6 is 34.5 Å². The maximum Gasteiger partial charge on any atom is 0.270 e. The van der Waals surface area contributed by atoms with Gasteiger partial charge in [0.05, 0.1) is 5.52 Å². The molecule has 0 radical (unpaired) electrons. The number of fused-ring (bicyclic) bond motifs is 1. The second-order valence-electron chi connectivity index (χ2n) is 7.18. The molecule has 0 atom stereocenters. The van der Waals surface area contributed by atoms with Crippen LogP contribution in [-0.2, 0) is 0 Å². The first-order valence-electron chi connectivity index (χ1n) is 9.61. The van der Waals surface area contributed by atoms with Crippen LogP contribution in [0.1, 0.15) is 0 Å². The van der Waals surface area contributed by atoms with Gasteiger partial charge in [0, 0.05) is 52.9 Å². The normalized spacial score (nSPS) is 14.5. The topological polar surface area (TPSA) is 52.2 Å². The van der Waals surface area contributed by atoms with Gasteiger partial charge < -0.3 is 9.80 Å². The van der Waals surface area contributed by atoms with E-state index in [2.05, 4.69) is 20.9 Å². The number of piperazine rings is 1. The molecule has 0 unspecified atom stereocenters. The maximum atomic E-state index is 12.7. The minimum Gasteiger partial charge on any atom is -0.368 e. The van der Waals surface area contributed by atoms with E-state index in [1.54, 1.807) is 0 Å². The van der Waals surface area contributed by atoms with Gasteiger partial charge in [0.25, 0.3) is 5.56 Å². The van der Waals surface area contributed by atoms with Gasteiger partial charge in [-0.15, -0.1) is 11.3 Å². The number of hydrogen-bond donors (Lipinski definition) is 1. The Bertz CT molecular complexity index is 1280. The molecule has 152 valence electrons. The minimum absolute atomic E-state index is 0.106. The lowest BCUT2D eigenvalue weighted by Gasteiger charge is -2.36. The zero-order valence-electron chi connectivity index (χ0n) is 15.9. The van der Waals surface area contributed by atoms with E-state index in [0.29, 0.717) is 15.7 Å². The van der Waals surface area contributed by atoms with Crippen molar-refractivity contribution in [3.8, 4) is 11.1 Å². The summed E-state index contributed by atoms with van der Waals surface area (Å²) in [6.07, 6.45) is 0. The number of aromatic nitrogens is 2. The lowest BCUT2D eigenvalue weighted by Crippen LogP contribution is -2.47. The van der Waals surface area contributed by atoms with Crippen molar-refractivity contribution in [3.05, 3.63) is 74.3 Å². The predicted octanol–water partition coefficient (Wildman–Crippen LogP) is 5.29. The minimum atomic E-state index is -0.106. The molecule has 2 aromatic heterocycles. The summed E-state index contributed by atoms with van der Waals surface area (Å²) in [5, 5.41) is 3.37. The fourth-order valence-corrected chi connectivity index (χ4v) is 5.06. The monoisotopic (exact) mass is 456 g/mol. The molecule has 0 bridgehead atoms. The van der Waals surface area contributed by atoms with E-state index < -0.39 is 0 Å². The molecule has 3 heterocycles. The van der Waals surface area contributed by atoms with Crippen LogP contribution in [-0.4, -0.2) is 36.1 Å². The number of anilines is 2. The fraction of sp³-hybridized carbons (Fsp3) is 0.182. The molecule has 30 heavy (non-hydrogen) atoms. The molecule has 0 saturated carbocycles. The van der Waals surface area contributed by atoms with Gasteiger partial charge in [-0.05, 0) is 35.9 Å². The van der Waals surface area contributed by atoms with Crippen molar-refractivity contribution < 1.29 is 0 Å². The third-order valence-corrected chi connectivity index (χ3v) is 6.74. The third kappa shape index (κ3) is 3.67. The summed E-state index contributed by atoms with van der Waals surface area (Å²) in [6, 6.07) is 15.5. The molecule has 1 saturated heterocycles. The molecular weight excluding hydrogens is 439 g/mol. The van der Waals surface area contributed by atoms with Gasteiger partial charge in [0.2, 0.25) is 5.95 Å². The Balaban J connectivity index is 1.44. The van der Waals surface area contributed by atoms with Crippen LogP contribution in [0.5, 0.6) is 0 Å². The number of aromatic amines is 1. The molecule has 0 amide bonds. The summed E-state index contributed by atoms with van der Waals surface area (Å²) in [5.41, 5.74) is 3.62. The molecule has 5 nitrogen and oxygen atoms in total. The number of benzene rings is 2. The van der Waals surface area contributed by atoms with Crippen molar-refractivity contribution in [2.24, 2.45) is 0 Å². The second kappa shape index (κ2) is 7.95. The second-order valence-corrected chi connectivity index (χ2v) is 8.93.